The number of hydrogen-bond acceptors (Lipinski definition) is 30. The van der Waals surface area contributed by atoms with Gasteiger partial charge in [0.25, 0.3) is 5.97 Å². The molecule has 0 spiro atoms. The lowest BCUT2D eigenvalue weighted by Gasteiger charge is -2.31. The second-order valence-corrected chi connectivity index (χ2v) is 35.5. The van der Waals surface area contributed by atoms with Crippen LogP contribution in [0.15, 0.2) is 30.3 Å². The van der Waals surface area contributed by atoms with E-state index in [1.165, 1.54) is 11.8 Å². The molecule has 131 heavy (non-hydrogen) atoms. The molecule has 0 aliphatic carbocycles. The number of fused-ring (bicyclic) bond motifs is 2. The van der Waals surface area contributed by atoms with Gasteiger partial charge in [-0.15, -0.1) is 0 Å². The third-order valence-electron chi connectivity index (χ3n) is 20.8. The number of aliphatic hydroxyl groups excluding tert-OH is 3. The van der Waals surface area contributed by atoms with Crippen molar-refractivity contribution < 1.29 is 136 Å². The standard InChI is InChI=1S/C77H119N21O26S3.C2H4O2/c1-38(2)26-44(65(112)85-42(62(81)109)20-25-125-5)84-57(103)31-82-75(122)61(39(3)4)95-68(115)45(27-40-14-7-6-8-15-40)87-71(118)51-36-126-127-37-52(77(124)98-24-13-19-55(98)73(120)89-47(29-59(105)106)63(110)83-32-58(104)96-22-11-17-53(96)72(119)90-48(30-60(107)108)67(114)93-51)94-64(111)43(16-9-10-21-78)86-69(116)49(34-100)91-66(113)46(28-56(80)102)88-70(117)50(35-101)92-74(121)54-18-12-23-97(54)76(123)41(79)33-99;1-2(3)4/h6-8,14-15,38-39,41-55,61,99-101H,9-13,16-37,78-79H2,1-5H3,(H2,80,102)(H2,81,109)(H,82,122)(H,83,110)(H,84,103)(H,85,112)(H,86,116)(H,87,118)(H,88,117)(H,89,120)(H,90,119)(H,91,113)(H,92,121)(H,93,114)(H,94,111)(H,95,115)(H,105,106)(H,107,108);1H3,(H,3,4)/t41-,42-,43-,44-,45-,46-,47-,48-,49-,50-,51-,52-,53-,54-,55-,61-;/m0./s1. The van der Waals surface area contributed by atoms with E-state index in [-0.39, 0.29) is 103 Å². The third kappa shape index (κ3) is 37.7. The first-order valence-electron chi connectivity index (χ1n) is 42.3. The molecular weight excluding hydrogens is 1790 g/mol. The Hall–Kier alpha value is -11.6. The van der Waals surface area contributed by atoms with E-state index in [1.54, 1.807) is 64.3 Å². The maximum absolute atomic E-state index is 15.3. The van der Waals surface area contributed by atoms with Gasteiger partial charge in [0.15, 0.2) is 0 Å². The van der Waals surface area contributed by atoms with Crippen LogP contribution in [0, 0.1) is 11.8 Å². The van der Waals surface area contributed by atoms with Gasteiger partial charge in [-0.1, -0.05) is 79.6 Å². The fraction of sp³-hybridized carbons (Fsp3) is 0.646. The predicted molar refractivity (Wildman–Crippen MR) is 469 cm³/mol. The normalized spacial score (nSPS) is 20.8. The number of carboxylic acid groups (broad SMARTS) is 3. The number of nitrogens with two attached hydrogens (primary N) is 4. The summed E-state index contributed by atoms with van der Waals surface area (Å²) >= 11 is 1.41. The van der Waals surface area contributed by atoms with E-state index >= 15 is 14.4 Å². The summed E-state index contributed by atoms with van der Waals surface area (Å²) < 4.78 is 0. The van der Waals surface area contributed by atoms with Crippen molar-refractivity contribution in [1.29, 1.82) is 0 Å². The Bertz CT molecular complexity index is 4200. The molecule has 49 nitrogen and oxygen atoms in total. The van der Waals surface area contributed by atoms with E-state index in [0.29, 0.717) is 39.3 Å². The lowest BCUT2D eigenvalue weighted by atomic mass is 10.0. The van der Waals surface area contributed by atoms with E-state index in [2.05, 4.69) is 74.4 Å². The predicted octanol–water partition coefficient (Wildman–Crippen LogP) is -10.1. The highest BCUT2D eigenvalue weighted by Gasteiger charge is 2.45. The molecule has 28 N–H and O–H groups in total. The minimum Gasteiger partial charge on any atom is -0.481 e. The highest BCUT2D eigenvalue weighted by molar-refractivity contribution is 8.76. The smallest absolute Gasteiger partial charge is 0.305 e. The molecular formula is C79H123N21O28S3. The zero-order valence-corrected chi connectivity index (χ0v) is 75.9. The van der Waals surface area contributed by atoms with E-state index in [0.717, 1.165) is 21.6 Å². The van der Waals surface area contributed by atoms with E-state index in [9.17, 15) is 112 Å². The maximum Gasteiger partial charge on any atom is 0.305 e. The second-order valence-electron chi connectivity index (χ2n) is 31.9. The van der Waals surface area contributed by atoms with Crippen LogP contribution in [0.1, 0.15) is 130 Å². The molecule has 4 heterocycles. The number of carbonyl (C=O) groups is 22. The molecule has 0 radical (unpaired) electrons. The van der Waals surface area contributed by atoms with Gasteiger partial charge < -0.3 is 143 Å². The summed E-state index contributed by atoms with van der Waals surface area (Å²) in [6, 6.07) is -18.4. The van der Waals surface area contributed by atoms with Crippen LogP contribution in [0.25, 0.3) is 0 Å². The molecule has 4 saturated heterocycles. The molecule has 5 rings (SSSR count). The quantitative estimate of drug-likeness (QED) is 0.0213. The monoisotopic (exact) mass is 1910 g/mol. The van der Waals surface area contributed by atoms with Gasteiger partial charge in [0.05, 0.1) is 52.2 Å². The van der Waals surface area contributed by atoms with Crippen LogP contribution in [0.4, 0.5) is 0 Å². The maximum atomic E-state index is 15.3. The van der Waals surface area contributed by atoms with Gasteiger partial charge in [-0.3, -0.25) is 105 Å². The number of hydrogen-bond donors (Lipinski definition) is 24. The summed E-state index contributed by atoms with van der Waals surface area (Å²) in [5.74, 6) is -26.1. The number of thioether (sulfide) groups is 1. The molecule has 1 aromatic rings. The van der Waals surface area contributed by atoms with Crippen LogP contribution in [-0.4, -0.2) is 355 Å². The Morgan fingerprint density at radius 1 is 0.565 bits per heavy atom. The highest BCUT2D eigenvalue weighted by atomic mass is 33.1. The van der Waals surface area contributed by atoms with Gasteiger partial charge in [0.2, 0.25) is 112 Å². The number of primary amides is 2. The Morgan fingerprint density at radius 2 is 1.09 bits per heavy atom. The second kappa shape index (κ2) is 56.9. The van der Waals surface area contributed by atoms with Gasteiger partial charge in [0, 0.05) is 44.5 Å². The molecule has 0 saturated carbocycles. The number of nitrogens with zero attached hydrogens (tertiary/aromatic N) is 3. The number of nitrogens with one attached hydrogen (secondary N) is 14. The zero-order valence-electron chi connectivity index (χ0n) is 73.4. The molecule has 4 fully saturated rings. The number of amides is 19. The van der Waals surface area contributed by atoms with Crippen LogP contribution >= 0.6 is 33.3 Å². The Kier molecular flexibility index (Phi) is 48.5. The number of aliphatic carboxylic acids is 3. The number of unbranched alkanes of at least 4 members (excludes halogenated alkanes) is 1. The van der Waals surface area contributed by atoms with Crippen LogP contribution in [0.5, 0.6) is 0 Å². The number of rotatable bonds is 43. The minimum absolute atomic E-state index is 0.0199. The summed E-state index contributed by atoms with van der Waals surface area (Å²) in [4.78, 5) is 303. The molecule has 52 heteroatoms. The van der Waals surface area contributed by atoms with Crippen molar-refractivity contribution in [2.75, 3.05) is 82.6 Å². The SMILES string of the molecule is CC(=O)O.CSCC[C@H](NC(=O)[C@H](CC(C)C)NC(=O)CNC(=O)[C@@H](NC(=O)[C@H](Cc1ccccc1)NC(=O)[C@@H]1CSSC[C@H](NC(=O)[C@H](CCCCN)NC(=O)[C@H](CO)NC(=O)[C@H](CC(N)=O)NC(=O)[C@H](CO)NC(=O)[C@@H]2CCCN2C(=O)[C@@H](N)CO)C(=O)N2CCC[C@H]2C(=O)N[C@@H](CC(=O)O)C(=O)NCC(=O)N2CCC[C@H]2C(=O)N[C@@H](CC(=O)O)C(=O)N1)C(C)C)C(N)=O. The van der Waals surface area contributed by atoms with Crippen molar-refractivity contribution >= 4 is 163 Å². The van der Waals surface area contributed by atoms with Crippen LogP contribution in [-0.2, 0) is 112 Å². The Labute approximate surface area is 765 Å². The van der Waals surface area contributed by atoms with Gasteiger partial charge in [-0.05, 0) is 107 Å². The van der Waals surface area contributed by atoms with Gasteiger partial charge in [0.1, 0.15) is 96.7 Å². The molecule has 4 aliphatic rings. The Morgan fingerprint density at radius 3 is 1.65 bits per heavy atom. The summed E-state index contributed by atoms with van der Waals surface area (Å²) in [7, 11) is 1.40. The van der Waals surface area contributed by atoms with Gasteiger partial charge in [-0.2, -0.15) is 11.8 Å². The average molecular weight is 1910 g/mol. The molecule has 730 valence electrons. The van der Waals surface area contributed by atoms with Crippen molar-refractivity contribution in [2.24, 2.45) is 34.8 Å². The molecule has 16 atom stereocenters. The molecule has 0 aromatic heterocycles. The lowest BCUT2D eigenvalue weighted by molar-refractivity contribution is -0.144. The topological polar surface area (TPSA) is 779 Å². The van der Waals surface area contributed by atoms with E-state index in [4.69, 9.17) is 32.8 Å². The summed E-state index contributed by atoms with van der Waals surface area (Å²) in [5.41, 5.74) is 22.9. The van der Waals surface area contributed by atoms with Crippen LogP contribution in [0.3, 0.4) is 0 Å². The largest absolute Gasteiger partial charge is 0.481 e. The third-order valence-corrected chi connectivity index (χ3v) is 23.8. The van der Waals surface area contributed by atoms with Gasteiger partial charge in [-0.25, -0.2) is 0 Å². The molecule has 0 unspecified atom stereocenters. The number of benzene rings is 1. The average Bonchev–Trinajstić information content (AvgIpc) is 1.64. The van der Waals surface area contributed by atoms with E-state index < -0.39 is 296 Å². The summed E-state index contributed by atoms with van der Waals surface area (Å²) in [6.45, 7) is 2.62. The minimum atomic E-state index is -2.06. The van der Waals surface area contributed by atoms with Gasteiger partial charge >= 0.3 is 11.9 Å². The fourth-order valence-corrected chi connectivity index (χ4v) is 16.8. The molecule has 0 bridgehead atoms. The van der Waals surface area contributed by atoms with Crippen molar-refractivity contribution in [3.63, 3.8) is 0 Å². The zero-order chi connectivity index (χ0) is 98.1. The Balaban J connectivity index is 0.00000878. The van der Waals surface area contributed by atoms with E-state index in [1.807, 2.05) is 0 Å². The molecule has 4 aliphatic heterocycles. The fourth-order valence-electron chi connectivity index (χ4n) is 14.0. The van der Waals surface area contributed by atoms with Crippen molar-refractivity contribution in [2.45, 2.75) is 228 Å². The summed E-state index contributed by atoms with van der Waals surface area (Å²) in [5, 5.41) is 91.6. The summed E-state index contributed by atoms with van der Waals surface area (Å²) in [6.07, 6.45) is -1.20. The first kappa shape index (κ1) is 112. The molecule has 19 amide bonds. The lowest BCUT2D eigenvalue weighted by Crippen LogP contribution is -2.61. The first-order chi connectivity index (χ1) is 61.9. The number of carboxylic acids is 3. The van der Waals surface area contributed by atoms with Crippen LogP contribution < -0.4 is 97.4 Å². The van der Waals surface area contributed by atoms with Crippen molar-refractivity contribution in [3.05, 3.63) is 35.9 Å². The highest BCUT2D eigenvalue weighted by Crippen LogP contribution is 2.28. The van der Waals surface area contributed by atoms with Crippen molar-refractivity contribution in [3.8, 4) is 0 Å². The number of aliphatic hydroxyl groups is 3. The number of carbonyl (C=O) groups excluding carboxylic acids is 19. The number of likely N-dealkylation sites (tertiary alicyclic amines) is 1. The molecule has 1 aromatic carbocycles. The van der Waals surface area contributed by atoms with Crippen LogP contribution in [0.2, 0.25) is 0 Å². The first-order valence-corrected chi connectivity index (χ1v) is 46.1. The van der Waals surface area contributed by atoms with Crippen molar-refractivity contribution in [1.82, 2.24) is 89.1 Å².